The molecule has 86 valence electrons. The van der Waals surface area contributed by atoms with Gasteiger partial charge >= 0.3 is 12.1 Å². The van der Waals surface area contributed by atoms with Crippen LogP contribution in [0.2, 0.25) is 0 Å². The third-order valence-electron chi connectivity index (χ3n) is 2.39. The molecule has 6 heteroatoms. The summed E-state index contributed by atoms with van der Waals surface area (Å²) in [4.78, 5) is 26.2. The zero-order chi connectivity index (χ0) is 11.5. The van der Waals surface area contributed by atoms with E-state index in [-0.39, 0.29) is 11.8 Å². The smallest absolute Gasteiger partial charge is 0.410 e. The minimum Gasteiger partial charge on any atom is -0.477 e. The van der Waals surface area contributed by atoms with Gasteiger partial charge in [0.25, 0.3) is 0 Å². The number of nitrogens with one attached hydrogen (secondary N) is 1. The Hall–Kier alpha value is -1.98. The Morgan fingerprint density at radius 2 is 2.38 bits per heavy atom. The van der Waals surface area contributed by atoms with E-state index in [1.165, 1.54) is 6.07 Å². The lowest BCUT2D eigenvalue weighted by atomic mass is 10.3. The van der Waals surface area contributed by atoms with Crippen LogP contribution in [0.3, 0.4) is 0 Å². The third-order valence-corrected chi connectivity index (χ3v) is 2.39. The molecule has 1 amide bonds. The van der Waals surface area contributed by atoms with Gasteiger partial charge in [0.2, 0.25) is 0 Å². The summed E-state index contributed by atoms with van der Waals surface area (Å²) >= 11 is 0. The van der Waals surface area contributed by atoms with Crippen LogP contribution < -0.4 is 0 Å². The molecule has 0 aromatic carbocycles. The lowest BCUT2D eigenvalue weighted by molar-refractivity contribution is 0.0689. The first kappa shape index (κ1) is 10.5. The monoisotopic (exact) mass is 224 g/mol. The minimum absolute atomic E-state index is 0.125. The maximum Gasteiger partial charge on any atom is 0.410 e. The van der Waals surface area contributed by atoms with E-state index in [4.69, 9.17) is 9.84 Å². The molecule has 2 rings (SSSR count). The average molecular weight is 224 g/mol. The first-order valence-corrected chi connectivity index (χ1v) is 4.99. The van der Waals surface area contributed by atoms with Crippen LogP contribution in [0.5, 0.6) is 0 Å². The second-order valence-corrected chi connectivity index (χ2v) is 3.59. The average Bonchev–Trinajstić information content (AvgIpc) is 2.70. The Bertz CT molecular complexity index is 413. The highest BCUT2D eigenvalue weighted by atomic mass is 16.6. The second kappa shape index (κ2) is 4.26. The SMILES string of the molecule is O=C(O)c1ccc(CN2CCCOC2=O)[nH]1. The normalized spacial score (nSPS) is 16.0. The molecule has 0 bridgehead atoms. The van der Waals surface area contributed by atoms with E-state index >= 15 is 0 Å². The second-order valence-electron chi connectivity index (χ2n) is 3.59. The Morgan fingerprint density at radius 3 is 3.00 bits per heavy atom. The maximum absolute atomic E-state index is 11.3. The summed E-state index contributed by atoms with van der Waals surface area (Å²) in [6.07, 6.45) is 0.454. The predicted molar refractivity (Wildman–Crippen MR) is 54.1 cm³/mol. The van der Waals surface area contributed by atoms with Crippen molar-refractivity contribution in [3.63, 3.8) is 0 Å². The summed E-state index contributed by atoms with van der Waals surface area (Å²) in [7, 11) is 0. The fourth-order valence-electron chi connectivity index (χ4n) is 1.60. The van der Waals surface area contributed by atoms with Gasteiger partial charge in [-0.25, -0.2) is 9.59 Å². The highest BCUT2D eigenvalue weighted by Gasteiger charge is 2.20. The van der Waals surface area contributed by atoms with E-state index in [2.05, 4.69) is 4.98 Å². The quantitative estimate of drug-likeness (QED) is 0.804. The summed E-state index contributed by atoms with van der Waals surface area (Å²) in [5.74, 6) is -1.01. The van der Waals surface area contributed by atoms with Gasteiger partial charge in [-0.1, -0.05) is 0 Å². The van der Waals surface area contributed by atoms with Crippen LogP contribution >= 0.6 is 0 Å². The molecule has 2 N–H and O–H groups in total. The number of aromatic amines is 1. The van der Waals surface area contributed by atoms with Gasteiger partial charge in [0.15, 0.2) is 0 Å². The molecule has 0 spiro atoms. The minimum atomic E-state index is -1.01. The zero-order valence-corrected chi connectivity index (χ0v) is 8.60. The van der Waals surface area contributed by atoms with Crippen LogP contribution in [-0.2, 0) is 11.3 Å². The van der Waals surface area contributed by atoms with Gasteiger partial charge in [-0.15, -0.1) is 0 Å². The Balaban J connectivity index is 2.02. The van der Waals surface area contributed by atoms with E-state index in [1.54, 1.807) is 11.0 Å². The Labute approximate surface area is 91.8 Å². The van der Waals surface area contributed by atoms with Crippen molar-refractivity contribution in [2.75, 3.05) is 13.2 Å². The predicted octanol–water partition coefficient (Wildman–Crippen LogP) is 1.06. The van der Waals surface area contributed by atoms with E-state index in [0.717, 1.165) is 6.42 Å². The number of aromatic nitrogens is 1. The molecule has 0 unspecified atom stereocenters. The van der Waals surface area contributed by atoms with Gasteiger partial charge in [-0.05, 0) is 18.6 Å². The summed E-state index contributed by atoms with van der Waals surface area (Å²) in [5, 5.41) is 8.72. The molecule has 1 saturated heterocycles. The molecule has 1 fully saturated rings. The maximum atomic E-state index is 11.3. The van der Waals surface area contributed by atoms with Crippen LogP contribution in [-0.4, -0.2) is 40.2 Å². The van der Waals surface area contributed by atoms with Crippen LogP contribution in [0.15, 0.2) is 12.1 Å². The largest absolute Gasteiger partial charge is 0.477 e. The number of cyclic esters (lactones) is 1. The molecule has 1 aliphatic rings. The Kier molecular flexibility index (Phi) is 2.80. The highest BCUT2D eigenvalue weighted by Crippen LogP contribution is 2.10. The number of amides is 1. The van der Waals surface area contributed by atoms with Crippen molar-refractivity contribution >= 4 is 12.1 Å². The van der Waals surface area contributed by atoms with Crippen molar-refractivity contribution in [2.24, 2.45) is 0 Å². The molecule has 1 aromatic heterocycles. The summed E-state index contributed by atoms with van der Waals surface area (Å²) in [6, 6.07) is 3.14. The molecular weight excluding hydrogens is 212 g/mol. The molecule has 16 heavy (non-hydrogen) atoms. The number of aromatic carboxylic acids is 1. The van der Waals surface area contributed by atoms with Gasteiger partial charge in [0.05, 0.1) is 13.2 Å². The Morgan fingerprint density at radius 1 is 1.56 bits per heavy atom. The lowest BCUT2D eigenvalue weighted by Gasteiger charge is -2.25. The number of nitrogens with zero attached hydrogens (tertiary/aromatic N) is 1. The molecule has 1 aromatic rings. The number of carboxylic acid groups (broad SMARTS) is 1. The topological polar surface area (TPSA) is 82.6 Å². The highest BCUT2D eigenvalue weighted by molar-refractivity contribution is 5.85. The van der Waals surface area contributed by atoms with E-state index < -0.39 is 5.97 Å². The van der Waals surface area contributed by atoms with Crippen molar-refractivity contribution in [2.45, 2.75) is 13.0 Å². The number of hydrogen-bond acceptors (Lipinski definition) is 3. The van der Waals surface area contributed by atoms with Crippen molar-refractivity contribution in [1.29, 1.82) is 0 Å². The fraction of sp³-hybridized carbons (Fsp3) is 0.400. The van der Waals surface area contributed by atoms with Crippen molar-refractivity contribution in [3.8, 4) is 0 Å². The molecular formula is C10H12N2O4. The standard InChI is InChI=1S/C10H12N2O4/c13-9(14)8-3-2-7(11-8)6-12-4-1-5-16-10(12)15/h2-3,11H,1,4-6H2,(H,13,14). The number of ether oxygens (including phenoxy) is 1. The van der Waals surface area contributed by atoms with Gasteiger partial charge < -0.3 is 19.7 Å². The molecule has 0 atom stereocenters. The van der Waals surface area contributed by atoms with Crippen LogP contribution in [0.4, 0.5) is 4.79 Å². The first-order valence-electron chi connectivity index (χ1n) is 4.99. The summed E-state index contributed by atoms with van der Waals surface area (Å²) in [6.45, 7) is 1.45. The fourth-order valence-corrected chi connectivity index (χ4v) is 1.60. The van der Waals surface area contributed by atoms with Crippen LogP contribution in [0.1, 0.15) is 22.6 Å². The lowest BCUT2D eigenvalue weighted by Crippen LogP contribution is -2.37. The number of carbonyl (C=O) groups is 2. The van der Waals surface area contributed by atoms with Crippen LogP contribution in [0.25, 0.3) is 0 Å². The number of carboxylic acids is 1. The van der Waals surface area contributed by atoms with Crippen molar-refractivity contribution < 1.29 is 19.4 Å². The van der Waals surface area contributed by atoms with E-state index in [9.17, 15) is 9.59 Å². The van der Waals surface area contributed by atoms with E-state index in [1.807, 2.05) is 0 Å². The zero-order valence-electron chi connectivity index (χ0n) is 8.60. The number of H-pyrrole nitrogens is 1. The summed E-state index contributed by atoms with van der Waals surface area (Å²) in [5.41, 5.74) is 0.816. The number of carbonyl (C=O) groups excluding carboxylic acids is 1. The van der Waals surface area contributed by atoms with Gasteiger partial charge in [-0.2, -0.15) is 0 Å². The molecule has 0 aliphatic carbocycles. The number of rotatable bonds is 3. The van der Waals surface area contributed by atoms with Crippen molar-refractivity contribution in [1.82, 2.24) is 9.88 Å². The van der Waals surface area contributed by atoms with Gasteiger partial charge in [0.1, 0.15) is 5.69 Å². The third kappa shape index (κ3) is 2.16. The first-order chi connectivity index (χ1) is 7.66. The molecule has 0 radical (unpaired) electrons. The van der Waals surface area contributed by atoms with Gasteiger partial charge in [0, 0.05) is 12.2 Å². The molecule has 0 saturated carbocycles. The van der Waals surface area contributed by atoms with Gasteiger partial charge in [-0.3, -0.25) is 0 Å². The summed E-state index contributed by atoms with van der Waals surface area (Å²) < 4.78 is 4.87. The number of hydrogen-bond donors (Lipinski definition) is 2. The van der Waals surface area contributed by atoms with Crippen LogP contribution in [0, 0.1) is 0 Å². The molecule has 1 aliphatic heterocycles. The molecule has 2 heterocycles. The van der Waals surface area contributed by atoms with E-state index in [0.29, 0.717) is 25.4 Å². The molecule has 6 nitrogen and oxygen atoms in total. The van der Waals surface area contributed by atoms with Crippen molar-refractivity contribution in [3.05, 3.63) is 23.5 Å².